The zero-order chi connectivity index (χ0) is 14.8. The summed E-state index contributed by atoms with van der Waals surface area (Å²) in [4.78, 5) is 0. The number of hydrogen-bond acceptors (Lipinski definition) is 1. The fourth-order valence-corrected chi connectivity index (χ4v) is 3.93. The van der Waals surface area contributed by atoms with Gasteiger partial charge in [-0.1, -0.05) is 43.3 Å². The quantitative estimate of drug-likeness (QED) is 0.266. The summed E-state index contributed by atoms with van der Waals surface area (Å²) in [7, 11) is 0. The minimum Gasteiger partial charge on any atom is -0.455 e. The number of ether oxygens (including phenoxy) is 1. The van der Waals surface area contributed by atoms with Crippen molar-refractivity contribution in [2.75, 3.05) is 0 Å². The second-order valence-electron chi connectivity index (χ2n) is 6.09. The van der Waals surface area contributed by atoms with Gasteiger partial charge in [-0.15, -0.1) is 0 Å². The Morgan fingerprint density at radius 3 is 2.55 bits per heavy atom. The van der Waals surface area contributed by atoms with Crippen molar-refractivity contribution in [1.82, 2.24) is 0 Å². The van der Waals surface area contributed by atoms with E-state index < -0.39 is 0 Å². The molecule has 1 aliphatic rings. The van der Waals surface area contributed by atoms with Crippen LogP contribution in [0.4, 0.5) is 0 Å². The third-order valence-electron chi connectivity index (χ3n) is 5.00. The zero-order valence-corrected chi connectivity index (χ0v) is 12.7. The molecule has 22 heavy (non-hydrogen) atoms. The van der Waals surface area contributed by atoms with E-state index in [1.165, 1.54) is 43.4 Å². The highest BCUT2D eigenvalue weighted by Gasteiger charge is 2.25. The Balaban J connectivity index is 2.13. The van der Waals surface area contributed by atoms with Gasteiger partial charge in [0.2, 0.25) is 0 Å². The Morgan fingerprint density at radius 2 is 1.68 bits per heavy atom. The van der Waals surface area contributed by atoms with Gasteiger partial charge in [0.1, 0.15) is 11.5 Å². The minimum atomic E-state index is 1.02. The van der Waals surface area contributed by atoms with Gasteiger partial charge in [-0.3, -0.25) is 0 Å². The van der Waals surface area contributed by atoms with Crippen LogP contribution in [-0.4, -0.2) is 0 Å². The molecule has 0 N–H and O–H groups in total. The predicted molar refractivity (Wildman–Crippen MR) is 93.1 cm³/mol. The summed E-state index contributed by atoms with van der Waals surface area (Å²) in [5.74, 6) is 2.07. The van der Waals surface area contributed by atoms with E-state index in [9.17, 15) is 0 Å². The summed E-state index contributed by atoms with van der Waals surface area (Å²) in [6, 6.07) is 17.4. The van der Waals surface area contributed by atoms with Crippen molar-refractivity contribution in [3.8, 4) is 11.5 Å². The summed E-state index contributed by atoms with van der Waals surface area (Å²) in [5.41, 5.74) is 2.78. The highest BCUT2D eigenvalue weighted by Crippen LogP contribution is 2.52. The first-order chi connectivity index (χ1) is 10.8. The summed E-state index contributed by atoms with van der Waals surface area (Å²) in [6.45, 7) is 4.47. The first kappa shape index (κ1) is 12.0. The van der Waals surface area contributed by atoms with E-state index in [0.29, 0.717) is 0 Å². The highest BCUT2D eigenvalue weighted by atomic mass is 16.5. The second kappa shape index (κ2) is 4.01. The maximum absolute atomic E-state index is 5.97. The van der Waals surface area contributed by atoms with Gasteiger partial charge in [-0.25, -0.2) is 0 Å². The molecule has 1 heterocycles. The zero-order valence-electron chi connectivity index (χ0n) is 12.7. The summed E-state index contributed by atoms with van der Waals surface area (Å²) in [5, 5.41) is 7.92. The molecule has 4 aromatic carbocycles. The average molecular weight is 284 g/mol. The van der Waals surface area contributed by atoms with E-state index >= 15 is 0 Å². The van der Waals surface area contributed by atoms with Crippen molar-refractivity contribution >= 4 is 32.3 Å². The fraction of sp³-hybridized carbons (Fsp3) is 0.143. The third kappa shape index (κ3) is 1.29. The molecule has 1 nitrogen and oxygen atoms in total. The van der Waals surface area contributed by atoms with Crippen LogP contribution in [0.3, 0.4) is 0 Å². The lowest BCUT2D eigenvalue weighted by Gasteiger charge is -2.25. The smallest absolute Gasteiger partial charge is 0.146 e. The molecule has 1 heteroatoms. The molecule has 0 atom stereocenters. The van der Waals surface area contributed by atoms with Crippen LogP contribution in [0.15, 0.2) is 48.5 Å². The molecule has 0 unspecified atom stereocenters. The standard InChI is InChI=1S/C21H16O/c1-3-13-6-4-7-14-10-11-16-18(19(13)14)12(2)15-8-5-9-17-20(15)21(16)22-17/h4-11H,3H2,1-2H3. The molecule has 4 aromatic rings. The maximum Gasteiger partial charge on any atom is 0.146 e. The Bertz CT molecular complexity index is 1090. The minimum absolute atomic E-state index is 1.02. The Morgan fingerprint density at radius 1 is 0.818 bits per heavy atom. The van der Waals surface area contributed by atoms with Crippen molar-refractivity contribution in [3.05, 3.63) is 59.7 Å². The molecule has 0 spiro atoms. The number of aryl methyl sites for hydroxylation is 2. The number of fused-ring (bicyclic) bond motifs is 4. The van der Waals surface area contributed by atoms with Gasteiger partial charge in [-0.2, -0.15) is 0 Å². The van der Waals surface area contributed by atoms with Crippen molar-refractivity contribution in [3.63, 3.8) is 0 Å². The lowest BCUT2D eigenvalue weighted by atomic mass is 9.88. The van der Waals surface area contributed by atoms with E-state index in [1.54, 1.807) is 0 Å². The summed E-state index contributed by atoms with van der Waals surface area (Å²) < 4.78 is 5.97. The predicted octanol–water partition coefficient (Wildman–Crippen LogP) is 6.12. The van der Waals surface area contributed by atoms with Crippen LogP contribution in [0.2, 0.25) is 0 Å². The van der Waals surface area contributed by atoms with Gasteiger partial charge in [-0.05, 0) is 58.1 Å². The molecule has 0 radical (unpaired) electrons. The summed E-state index contributed by atoms with van der Waals surface area (Å²) >= 11 is 0. The second-order valence-corrected chi connectivity index (χ2v) is 6.09. The van der Waals surface area contributed by atoms with Crippen LogP contribution in [0, 0.1) is 6.92 Å². The molecule has 0 amide bonds. The van der Waals surface area contributed by atoms with Crippen molar-refractivity contribution in [2.45, 2.75) is 20.3 Å². The molecule has 0 saturated heterocycles. The van der Waals surface area contributed by atoms with Gasteiger partial charge in [0, 0.05) is 5.39 Å². The van der Waals surface area contributed by atoms with Crippen molar-refractivity contribution < 1.29 is 4.74 Å². The van der Waals surface area contributed by atoms with E-state index in [0.717, 1.165) is 17.9 Å². The van der Waals surface area contributed by atoms with Gasteiger partial charge in [0.05, 0.1) is 5.39 Å². The molecule has 0 saturated carbocycles. The Hall–Kier alpha value is -2.54. The Labute approximate surface area is 129 Å². The molecule has 0 fully saturated rings. The Kier molecular flexibility index (Phi) is 2.20. The monoisotopic (exact) mass is 284 g/mol. The molecule has 0 aliphatic carbocycles. The lowest BCUT2D eigenvalue weighted by molar-refractivity contribution is 0.467. The summed E-state index contributed by atoms with van der Waals surface area (Å²) in [6.07, 6.45) is 1.05. The first-order valence-corrected chi connectivity index (χ1v) is 7.87. The molecule has 5 rings (SSSR count). The van der Waals surface area contributed by atoms with E-state index in [2.05, 4.69) is 62.4 Å². The van der Waals surface area contributed by atoms with Crippen LogP contribution in [0.5, 0.6) is 11.5 Å². The van der Waals surface area contributed by atoms with Gasteiger partial charge >= 0.3 is 0 Å². The van der Waals surface area contributed by atoms with Crippen molar-refractivity contribution in [1.29, 1.82) is 0 Å². The number of hydrogen-bond donors (Lipinski definition) is 0. The molecule has 0 aromatic heterocycles. The molecular weight excluding hydrogens is 268 g/mol. The van der Waals surface area contributed by atoms with E-state index in [-0.39, 0.29) is 0 Å². The van der Waals surface area contributed by atoms with E-state index in [4.69, 9.17) is 4.74 Å². The van der Waals surface area contributed by atoms with Crippen LogP contribution >= 0.6 is 0 Å². The van der Waals surface area contributed by atoms with Crippen LogP contribution in [0.25, 0.3) is 32.3 Å². The maximum atomic E-state index is 5.97. The third-order valence-corrected chi connectivity index (χ3v) is 5.00. The normalized spacial score (nSPS) is 12.6. The molecule has 106 valence electrons. The largest absolute Gasteiger partial charge is 0.455 e. The number of rotatable bonds is 1. The average Bonchev–Trinajstić information content (AvgIpc) is 2.53. The first-order valence-electron chi connectivity index (χ1n) is 7.87. The SMILES string of the molecule is CCc1cccc2ccc3c4c5c(cccc5c(C)c3c12)O4. The fourth-order valence-electron chi connectivity index (χ4n) is 3.93. The topological polar surface area (TPSA) is 9.23 Å². The molecule has 1 aliphatic heterocycles. The molecule has 0 bridgehead atoms. The van der Waals surface area contributed by atoms with Gasteiger partial charge in [0.15, 0.2) is 0 Å². The molecular formula is C21H16O. The van der Waals surface area contributed by atoms with E-state index in [1.807, 2.05) is 0 Å². The lowest BCUT2D eigenvalue weighted by Crippen LogP contribution is -2.01. The van der Waals surface area contributed by atoms with Crippen LogP contribution in [0.1, 0.15) is 18.1 Å². The van der Waals surface area contributed by atoms with Crippen LogP contribution in [-0.2, 0) is 6.42 Å². The highest BCUT2D eigenvalue weighted by molar-refractivity contribution is 6.21. The van der Waals surface area contributed by atoms with Crippen LogP contribution < -0.4 is 4.74 Å². The van der Waals surface area contributed by atoms with Gasteiger partial charge < -0.3 is 4.74 Å². The number of benzene rings is 4. The van der Waals surface area contributed by atoms with Crippen molar-refractivity contribution in [2.24, 2.45) is 0 Å². The van der Waals surface area contributed by atoms with Gasteiger partial charge in [0.25, 0.3) is 0 Å².